The molecule has 4 N–H and O–H groups in total. The monoisotopic (exact) mass is 656 g/mol. The Balaban J connectivity index is 0.00000442. The zero-order valence-corrected chi connectivity index (χ0v) is 25.4. The van der Waals surface area contributed by atoms with Gasteiger partial charge in [0, 0.05) is 60.8 Å². The van der Waals surface area contributed by atoms with E-state index in [2.05, 4.69) is 20.9 Å². The molecule has 14 heteroatoms. The number of hydrogen-bond donors (Lipinski definition) is 4. The number of piperazine rings is 1. The summed E-state index contributed by atoms with van der Waals surface area (Å²) in [4.78, 5) is 57.1. The quantitative estimate of drug-likeness (QED) is 0.207. The van der Waals surface area contributed by atoms with Crippen LogP contribution >= 0.6 is 35.6 Å². The maximum absolute atomic E-state index is 13.2. The van der Waals surface area contributed by atoms with Gasteiger partial charge < -0.3 is 30.5 Å². The molecule has 0 radical (unpaired) electrons. The third kappa shape index (κ3) is 7.56. The van der Waals surface area contributed by atoms with E-state index < -0.39 is 17.6 Å². The van der Waals surface area contributed by atoms with Crippen molar-refractivity contribution in [3.05, 3.63) is 105 Å². The summed E-state index contributed by atoms with van der Waals surface area (Å²) in [6, 6.07) is 15.3. The second-order valence-corrected chi connectivity index (χ2v) is 10.5. The molecule has 228 valence electrons. The van der Waals surface area contributed by atoms with Crippen LogP contribution in [0.4, 0.5) is 11.5 Å². The third-order valence-corrected chi connectivity index (χ3v) is 7.25. The van der Waals surface area contributed by atoms with E-state index in [1.807, 2.05) is 0 Å². The molecule has 0 saturated carbocycles. The molecular weight excluding hydrogens is 631 g/mol. The van der Waals surface area contributed by atoms with Crippen molar-refractivity contribution in [1.29, 1.82) is 0 Å². The zero-order valence-electron chi connectivity index (χ0n) is 23.0. The fraction of sp³-hybridized carbons (Fsp3) is 0.167. The van der Waals surface area contributed by atoms with Crippen LogP contribution in [0.25, 0.3) is 11.1 Å². The van der Waals surface area contributed by atoms with E-state index in [0.717, 1.165) is 0 Å². The average molecular weight is 658 g/mol. The van der Waals surface area contributed by atoms with Gasteiger partial charge in [-0.05, 0) is 48.0 Å². The van der Waals surface area contributed by atoms with Crippen LogP contribution in [0.3, 0.4) is 0 Å². The number of rotatable bonds is 8. The molecule has 4 aromatic rings. The van der Waals surface area contributed by atoms with Gasteiger partial charge in [0.15, 0.2) is 0 Å². The van der Waals surface area contributed by atoms with Gasteiger partial charge in [-0.3, -0.25) is 19.2 Å². The third-order valence-electron chi connectivity index (χ3n) is 6.81. The van der Waals surface area contributed by atoms with Gasteiger partial charge in [-0.15, -0.1) is 12.4 Å². The highest BCUT2D eigenvalue weighted by Gasteiger charge is 2.21. The molecule has 0 aliphatic carbocycles. The van der Waals surface area contributed by atoms with E-state index in [4.69, 9.17) is 23.2 Å². The predicted molar refractivity (Wildman–Crippen MR) is 171 cm³/mol. The number of amides is 3. The standard InChI is InChI=1S/C30H26Cl2N6O5.ClH/c31-20-7-8-25(34-16-20)35-29(42)23-14-21(32)15-24(39)27(23)36-28(41)19-5-3-18(4-6-19)22-2-1-10-38(30(22)43)13-12-37-11-9-33-17-26(37)40;/h1-8,10,14-16,33,39H,9,11-13,17H2,(H,36,41)(H,34,35,42);1H. The van der Waals surface area contributed by atoms with Crippen molar-refractivity contribution in [2.75, 3.05) is 36.8 Å². The van der Waals surface area contributed by atoms with Crippen LogP contribution in [0, 0.1) is 0 Å². The van der Waals surface area contributed by atoms with Gasteiger partial charge in [-0.2, -0.15) is 0 Å². The van der Waals surface area contributed by atoms with E-state index in [9.17, 15) is 24.3 Å². The minimum absolute atomic E-state index is 0. The Labute approximate surface area is 268 Å². The van der Waals surface area contributed by atoms with Gasteiger partial charge in [0.2, 0.25) is 5.91 Å². The topological polar surface area (TPSA) is 146 Å². The number of aromatic hydroxyl groups is 1. The number of pyridine rings is 2. The number of hydrogen-bond acceptors (Lipinski definition) is 7. The molecule has 2 aromatic carbocycles. The van der Waals surface area contributed by atoms with Gasteiger partial charge in [0.05, 0.1) is 22.8 Å². The Kier molecular flexibility index (Phi) is 10.6. The summed E-state index contributed by atoms with van der Waals surface area (Å²) in [5, 5.41) is 19.2. The van der Waals surface area contributed by atoms with Crippen molar-refractivity contribution >= 4 is 64.8 Å². The fourth-order valence-electron chi connectivity index (χ4n) is 4.57. The van der Waals surface area contributed by atoms with Gasteiger partial charge in [0.25, 0.3) is 17.4 Å². The normalized spacial score (nSPS) is 12.8. The number of halogens is 3. The Morgan fingerprint density at radius 3 is 2.43 bits per heavy atom. The van der Waals surface area contributed by atoms with Crippen LogP contribution in [-0.4, -0.2) is 63.5 Å². The Hall–Kier alpha value is -4.42. The second kappa shape index (κ2) is 14.4. The van der Waals surface area contributed by atoms with Crippen molar-refractivity contribution in [3.63, 3.8) is 0 Å². The number of anilines is 2. The number of nitrogens with one attached hydrogen (secondary N) is 3. The van der Waals surface area contributed by atoms with Gasteiger partial charge in [0.1, 0.15) is 11.6 Å². The predicted octanol–water partition coefficient (Wildman–Crippen LogP) is 4.28. The van der Waals surface area contributed by atoms with E-state index in [1.165, 1.54) is 36.5 Å². The summed E-state index contributed by atoms with van der Waals surface area (Å²) < 4.78 is 1.56. The minimum Gasteiger partial charge on any atom is -0.506 e. The molecule has 0 atom stereocenters. The van der Waals surface area contributed by atoms with E-state index >= 15 is 0 Å². The summed E-state index contributed by atoms with van der Waals surface area (Å²) in [7, 11) is 0. The van der Waals surface area contributed by atoms with Gasteiger partial charge >= 0.3 is 0 Å². The minimum atomic E-state index is -0.667. The molecule has 0 unspecified atom stereocenters. The molecule has 3 amide bonds. The van der Waals surface area contributed by atoms with Crippen molar-refractivity contribution < 1.29 is 19.5 Å². The Morgan fingerprint density at radius 1 is 0.955 bits per heavy atom. The lowest BCUT2D eigenvalue weighted by Crippen LogP contribution is -2.49. The highest BCUT2D eigenvalue weighted by Crippen LogP contribution is 2.32. The molecule has 2 aromatic heterocycles. The van der Waals surface area contributed by atoms with Crippen LogP contribution in [0.1, 0.15) is 20.7 Å². The first kappa shape index (κ1) is 32.5. The Morgan fingerprint density at radius 2 is 1.73 bits per heavy atom. The lowest BCUT2D eigenvalue weighted by atomic mass is 10.0. The van der Waals surface area contributed by atoms with E-state index in [-0.39, 0.29) is 51.5 Å². The highest BCUT2D eigenvalue weighted by atomic mass is 35.5. The molecule has 1 aliphatic heterocycles. The lowest BCUT2D eigenvalue weighted by molar-refractivity contribution is -0.132. The molecular formula is C30H27Cl3N6O5. The molecule has 3 heterocycles. The first-order valence-electron chi connectivity index (χ1n) is 13.2. The van der Waals surface area contributed by atoms with Gasteiger partial charge in [-0.1, -0.05) is 35.3 Å². The maximum atomic E-state index is 13.2. The number of benzene rings is 2. The van der Waals surface area contributed by atoms with Crippen LogP contribution < -0.4 is 21.5 Å². The number of carbonyl (C=O) groups is 3. The number of phenolic OH excluding ortho intramolecular Hbond substituents is 1. The van der Waals surface area contributed by atoms with Crippen molar-refractivity contribution in [3.8, 4) is 16.9 Å². The number of carbonyl (C=O) groups excluding carboxylic acids is 3. The number of aromatic nitrogens is 2. The van der Waals surface area contributed by atoms with Crippen LogP contribution in [0.5, 0.6) is 5.75 Å². The molecule has 1 saturated heterocycles. The zero-order chi connectivity index (χ0) is 30.5. The van der Waals surface area contributed by atoms with Crippen LogP contribution in [-0.2, 0) is 11.3 Å². The maximum Gasteiger partial charge on any atom is 0.259 e. The molecule has 44 heavy (non-hydrogen) atoms. The summed E-state index contributed by atoms with van der Waals surface area (Å²) in [6.45, 7) is 2.38. The molecule has 1 fully saturated rings. The lowest BCUT2D eigenvalue weighted by Gasteiger charge is -2.27. The van der Waals surface area contributed by atoms with E-state index in [0.29, 0.717) is 48.9 Å². The molecule has 11 nitrogen and oxygen atoms in total. The highest BCUT2D eigenvalue weighted by molar-refractivity contribution is 6.32. The average Bonchev–Trinajstić information content (AvgIpc) is 2.99. The first-order chi connectivity index (χ1) is 20.7. The van der Waals surface area contributed by atoms with E-state index in [1.54, 1.807) is 46.0 Å². The second-order valence-electron chi connectivity index (χ2n) is 9.67. The molecule has 0 bridgehead atoms. The molecule has 0 spiro atoms. The first-order valence-corrected chi connectivity index (χ1v) is 14.0. The largest absolute Gasteiger partial charge is 0.506 e. The summed E-state index contributed by atoms with van der Waals surface area (Å²) in [5.41, 5.74) is 0.805. The summed E-state index contributed by atoms with van der Waals surface area (Å²) >= 11 is 11.9. The summed E-state index contributed by atoms with van der Waals surface area (Å²) in [5.74, 6) is -1.46. The Bertz CT molecular complexity index is 1750. The number of nitrogens with zero attached hydrogens (tertiary/aromatic N) is 3. The van der Waals surface area contributed by atoms with Crippen LogP contribution in [0.15, 0.2) is 77.9 Å². The van der Waals surface area contributed by atoms with Crippen molar-refractivity contribution in [2.45, 2.75) is 6.54 Å². The number of phenols is 1. The summed E-state index contributed by atoms with van der Waals surface area (Å²) in [6.07, 6.45) is 3.04. The fourth-order valence-corrected chi connectivity index (χ4v) is 4.89. The van der Waals surface area contributed by atoms with Crippen molar-refractivity contribution in [2.24, 2.45) is 0 Å². The SMILES string of the molecule is Cl.O=C(Nc1c(O)cc(Cl)cc1C(=O)Nc1ccc(Cl)cn1)c1ccc(-c2cccn(CCN3CCNCC3=O)c2=O)cc1. The smallest absolute Gasteiger partial charge is 0.259 e. The van der Waals surface area contributed by atoms with Crippen molar-refractivity contribution in [1.82, 2.24) is 19.8 Å². The van der Waals surface area contributed by atoms with Gasteiger partial charge in [-0.25, -0.2) is 4.98 Å². The molecule has 1 aliphatic rings. The molecule has 5 rings (SSSR count). The van der Waals surface area contributed by atoms with Crippen LogP contribution in [0.2, 0.25) is 10.0 Å².